The summed E-state index contributed by atoms with van der Waals surface area (Å²) in [6.07, 6.45) is 4.13. The van der Waals surface area contributed by atoms with Crippen LogP contribution in [0.5, 0.6) is 0 Å². The number of aromatic nitrogens is 2. The van der Waals surface area contributed by atoms with Crippen LogP contribution in [0.4, 0.5) is 0 Å². The molecule has 1 aromatic heterocycles. The molecule has 1 aromatic rings. The lowest BCUT2D eigenvalue weighted by atomic mass is 9.88. The molecule has 2 fully saturated rings. The molecule has 17 heavy (non-hydrogen) atoms. The molecule has 0 bridgehead atoms. The Hall–Kier alpha value is -0.940. The SMILES string of the molecule is C[C@H]1C[C@@](O)(Cc2nc(C3CC3)no2)CCO1. The lowest BCUT2D eigenvalue weighted by Gasteiger charge is -2.34. The first-order valence-corrected chi connectivity index (χ1v) is 6.31. The van der Waals surface area contributed by atoms with Gasteiger partial charge in [-0.25, -0.2) is 0 Å². The number of ether oxygens (including phenoxy) is 1. The molecule has 1 N–H and O–H groups in total. The van der Waals surface area contributed by atoms with E-state index in [1.807, 2.05) is 6.92 Å². The van der Waals surface area contributed by atoms with Crippen molar-refractivity contribution in [3.05, 3.63) is 11.7 Å². The quantitative estimate of drug-likeness (QED) is 0.862. The van der Waals surface area contributed by atoms with E-state index in [-0.39, 0.29) is 6.10 Å². The van der Waals surface area contributed by atoms with Crippen LogP contribution in [0.1, 0.15) is 50.2 Å². The van der Waals surface area contributed by atoms with Gasteiger partial charge < -0.3 is 14.4 Å². The van der Waals surface area contributed by atoms with E-state index in [2.05, 4.69) is 10.1 Å². The fraction of sp³-hybridized carbons (Fsp3) is 0.833. The molecule has 0 aromatic carbocycles. The molecule has 1 saturated heterocycles. The lowest BCUT2D eigenvalue weighted by molar-refractivity contribution is -0.0987. The second-order valence-electron chi connectivity index (χ2n) is 5.36. The van der Waals surface area contributed by atoms with Crippen LogP contribution in [0.2, 0.25) is 0 Å². The standard InChI is InChI=1S/C12H18N2O3/c1-8-6-12(15,4-5-16-8)7-10-13-11(14-17-10)9-2-3-9/h8-9,15H,2-7H2,1H3/t8-,12+/m0/s1. The van der Waals surface area contributed by atoms with E-state index in [4.69, 9.17) is 9.26 Å². The fourth-order valence-corrected chi connectivity index (χ4v) is 2.44. The van der Waals surface area contributed by atoms with Gasteiger partial charge in [0, 0.05) is 25.4 Å². The van der Waals surface area contributed by atoms with E-state index in [9.17, 15) is 5.11 Å². The van der Waals surface area contributed by atoms with Gasteiger partial charge in [-0.05, 0) is 19.8 Å². The van der Waals surface area contributed by atoms with E-state index in [1.165, 1.54) is 0 Å². The van der Waals surface area contributed by atoms with Gasteiger partial charge in [-0.2, -0.15) is 4.98 Å². The zero-order chi connectivity index (χ0) is 11.9. The minimum absolute atomic E-state index is 0.0968. The Morgan fingerprint density at radius 2 is 2.29 bits per heavy atom. The summed E-state index contributed by atoms with van der Waals surface area (Å²) in [6, 6.07) is 0. The summed E-state index contributed by atoms with van der Waals surface area (Å²) in [5, 5.41) is 14.4. The van der Waals surface area contributed by atoms with Gasteiger partial charge in [0.2, 0.25) is 5.89 Å². The Morgan fingerprint density at radius 3 is 3.00 bits per heavy atom. The molecule has 0 spiro atoms. The monoisotopic (exact) mass is 238 g/mol. The molecule has 1 aliphatic heterocycles. The van der Waals surface area contributed by atoms with E-state index >= 15 is 0 Å². The third-order valence-corrected chi connectivity index (χ3v) is 3.54. The van der Waals surface area contributed by atoms with Crippen LogP contribution in [0.25, 0.3) is 0 Å². The number of hydrogen-bond acceptors (Lipinski definition) is 5. The number of nitrogens with zero attached hydrogens (tertiary/aromatic N) is 2. The summed E-state index contributed by atoms with van der Waals surface area (Å²) >= 11 is 0. The van der Waals surface area contributed by atoms with Crippen LogP contribution in [-0.2, 0) is 11.2 Å². The summed E-state index contributed by atoms with van der Waals surface area (Å²) in [7, 11) is 0. The summed E-state index contributed by atoms with van der Waals surface area (Å²) in [6.45, 7) is 2.58. The van der Waals surface area contributed by atoms with E-state index in [1.54, 1.807) is 0 Å². The van der Waals surface area contributed by atoms with Crippen molar-refractivity contribution in [2.24, 2.45) is 0 Å². The highest BCUT2D eigenvalue weighted by Crippen LogP contribution is 2.38. The second kappa shape index (κ2) is 4.07. The van der Waals surface area contributed by atoms with Crippen LogP contribution >= 0.6 is 0 Å². The first-order chi connectivity index (χ1) is 8.15. The van der Waals surface area contributed by atoms with Gasteiger partial charge in [0.1, 0.15) is 0 Å². The van der Waals surface area contributed by atoms with Crippen molar-refractivity contribution in [1.29, 1.82) is 0 Å². The van der Waals surface area contributed by atoms with Gasteiger partial charge in [-0.15, -0.1) is 0 Å². The van der Waals surface area contributed by atoms with Crippen molar-refractivity contribution >= 4 is 0 Å². The van der Waals surface area contributed by atoms with Crippen molar-refractivity contribution in [2.75, 3.05) is 6.61 Å². The van der Waals surface area contributed by atoms with Crippen molar-refractivity contribution in [3.63, 3.8) is 0 Å². The topological polar surface area (TPSA) is 68.4 Å². The Bertz CT molecular complexity index is 402. The smallest absolute Gasteiger partial charge is 0.229 e. The average Bonchev–Trinajstić information content (AvgIpc) is 3.00. The van der Waals surface area contributed by atoms with E-state index in [0.717, 1.165) is 18.7 Å². The minimum Gasteiger partial charge on any atom is -0.389 e. The Kier molecular flexibility index (Phi) is 2.67. The molecule has 94 valence electrons. The van der Waals surface area contributed by atoms with E-state index < -0.39 is 5.60 Å². The minimum atomic E-state index is -0.745. The Labute approximate surface area is 100 Å². The van der Waals surface area contributed by atoms with Crippen molar-refractivity contribution < 1.29 is 14.4 Å². The third-order valence-electron chi connectivity index (χ3n) is 3.54. The molecule has 0 unspecified atom stereocenters. The summed E-state index contributed by atoms with van der Waals surface area (Å²) in [5.74, 6) is 1.86. The predicted octanol–water partition coefficient (Wildman–Crippen LogP) is 1.42. The normalized spacial score (nSPS) is 33.9. The van der Waals surface area contributed by atoms with Crippen LogP contribution in [0, 0.1) is 0 Å². The van der Waals surface area contributed by atoms with Gasteiger partial charge in [-0.1, -0.05) is 5.16 Å². The molecule has 1 saturated carbocycles. The average molecular weight is 238 g/mol. The predicted molar refractivity (Wildman–Crippen MR) is 59.6 cm³/mol. The van der Waals surface area contributed by atoms with Gasteiger partial charge >= 0.3 is 0 Å². The summed E-state index contributed by atoms with van der Waals surface area (Å²) in [4.78, 5) is 4.36. The first kappa shape index (κ1) is 11.2. The highest BCUT2D eigenvalue weighted by atomic mass is 16.5. The molecule has 5 heteroatoms. The molecule has 3 rings (SSSR count). The third kappa shape index (κ3) is 2.50. The maximum atomic E-state index is 10.5. The fourth-order valence-electron chi connectivity index (χ4n) is 2.44. The van der Waals surface area contributed by atoms with Gasteiger partial charge in [0.25, 0.3) is 0 Å². The van der Waals surface area contributed by atoms with Crippen molar-refractivity contribution in [3.8, 4) is 0 Å². The molecule has 0 amide bonds. The molecule has 2 aliphatic rings. The van der Waals surface area contributed by atoms with Gasteiger partial charge in [-0.3, -0.25) is 0 Å². The van der Waals surface area contributed by atoms with Crippen LogP contribution < -0.4 is 0 Å². The van der Waals surface area contributed by atoms with E-state index in [0.29, 0.717) is 37.7 Å². The van der Waals surface area contributed by atoms with Crippen LogP contribution in [-0.4, -0.2) is 33.6 Å². The molecule has 2 heterocycles. The van der Waals surface area contributed by atoms with Gasteiger partial charge in [0.15, 0.2) is 5.82 Å². The van der Waals surface area contributed by atoms with Crippen molar-refractivity contribution in [1.82, 2.24) is 10.1 Å². The highest BCUT2D eigenvalue weighted by Gasteiger charge is 2.36. The molecule has 1 aliphatic carbocycles. The number of aliphatic hydroxyl groups is 1. The highest BCUT2D eigenvalue weighted by molar-refractivity contribution is 5.04. The zero-order valence-electron chi connectivity index (χ0n) is 10.1. The largest absolute Gasteiger partial charge is 0.389 e. The van der Waals surface area contributed by atoms with Crippen LogP contribution in [0.3, 0.4) is 0 Å². The molecular formula is C12H18N2O3. The molecular weight excluding hydrogens is 220 g/mol. The maximum absolute atomic E-state index is 10.5. The Morgan fingerprint density at radius 1 is 1.47 bits per heavy atom. The first-order valence-electron chi connectivity index (χ1n) is 6.31. The Balaban J connectivity index is 1.67. The number of rotatable bonds is 3. The summed E-state index contributed by atoms with van der Waals surface area (Å²) < 4.78 is 10.6. The molecule has 5 nitrogen and oxygen atoms in total. The number of hydrogen-bond donors (Lipinski definition) is 1. The summed E-state index contributed by atoms with van der Waals surface area (Å²) in [5.41, 5.74) is -0.745. The van der Waals surface area contributed by atoms with Gasteiger partial charge in [0.05, 0.1) is 18.1 Å². The van der Waals surface area contributed by atoms with Crippen molar-refractivity contribution in [2.45, 2.75) is 56.7 Å². The zero-order valence-corrected chi connectivity index (χ0v) is 10.1. The second-order valence-corrected chi connectivity index (χ2v) is 5.36. The molecule has 0 radical (unpaired) electrons. The lowest BCUT2D eigenvalue weighted by Crippen LogP contribution is -2.41. The molecule has 2 atom stereocenters. The maximum Gasteiger partial charge on any atom is 0.229 e. The van der Waals surface area contributed by atoms with Crippen LogP contribution in [0.15, 0.2) is 4.52 Å².